The molecule has 2 rings (SSSR count). The first-order valence-corrected chi connectivity index (χ1v) is 10.9. The van der Waals surface area contributed by atoms with Crippen LogP contribution in [-0.2, 0) is 14.8 Å². The molecule has 2 aromatic carbocycles. The fourth-order valence-electron chi connectivity index (χ4n) is 3.00. The molecule has 0 radical (unpaired) electrons. The number of hydrogen-bond donors (Lipinski definition) is 1. The van der Waals surface area contributed by atoms with Gasteiger partial charge in [-0.2, -0.15) is 0 Å². The van der Waals surface area contributed by atoms with Crippen molar-refractivity contribution in [3.63, 3.8) is 0 Å². The van der Waals surface area contributed by atoms with E-state index in [2.05, 4.69) is 5.32 Å². The molecule has 0 heterocycles. The number of nitrogens with one attached hydrogen (secondary N) is 1. The van der Waals surface area contributed by atoms with E-state index in [4.69, 9.17) is 0 Å². The molecule has 5 nitrogen and oxygen atoms in total. The van der Waals surface area contributed by atoms with Crippen LogP contribution in [0.5, 0.6) is 0 Å². The number of carbonyl (C=O) groups excluding carboxylic acids is 1. The molecule has 2 aromatic rings. The van der Waals surface area contributed by atoms with E-state index in [1.165, 1.54) is 4.31 Å². The molecule has 0 aliphatic rings. The van der Waals surface area contributed by atoms with Crippen molar-refractivity contribution in [3.05, 3.63) is 65.2 Å². The Balaban J connectivity index is 2.28. The molecule has 0 bridgehead atoms. The number of aryl methyl sites for hydroxylation is 2. The maximum Gasteiger partial charge on any atom is 0.244 e. The number of sulfonamides is 1. The summed E-state index contributed by atoms with van der Waals surface area (Å²) in [5.74, 6) is -0.309. The van der Waals surface area contributed by atoms with E-state index >= 15 is 0 Å². The van der Waals surface area contributed by atoms with Gasteiger partial charge in [0.1, 0.15) is 6.04 Å². The molecule has 0 spiro atoms. The van der Waals surface area contributed by atoms with Gasteiger partial charge in [0.15, 0.2) is 0 Å². The SMILES string of the molecule is CC[C@@H](C(=O)N[C@H](C)c1ccc(C)cc1)N(c1ccc(C)cc1)S(C)(=O)=O. The summed E-state index contributed by atoms with van der Waals surface area (Å²) >= 11 is 0. The van der Waals surface area contributed by atoms with Crippen LogP contribution in [-0.4, -0.2) is 26.6 Å². The lowest BCUT2D eigenvalue weighted by Gasteiger charge is -2.31. The summed E-state index contributed by atoms with van der Waals surface area (Å²) in [6, 6.07) is 14.0. The number of amides is 1. The second kappa shape index (κ2) is 8.57. The van der Waals surface area contributed by atoms with Gasteiger partial charge in [0.25, 0.3) is 0 Å². The zero-order chi connectivity index (χ0) is 20.2. The average Bonchev–Trinajstić information content (AvgIpc) is 2.60. The molecule has 0 fully saturated rings. The van der Waals surface area contributed by atoms with Crippen LogP contribution in [0.4, 0.5) is 5.69 Å². The van der Waals surface area contributed by atoms with Gasteiger partial charge in [-0.1, -0.05) is 54.4 Å². The molecule has 0 unspecified atom stereocenters. The lowest BCUT2D eigenvalue weighted by Crippen LogP contribution is -2.49. The van der Waals surface area contributed by atoms with Crippen LogP contribution >= 0.6 is 0 Å². The smallest absolute Gasteiger partial charge is 0.244 e. The molecule has 0 aromatic heterocycles. The molecule has 27 heavy (non-hydrogen) atoms. The number of nitrogens with zero attached hydrogens (tertiary/aromatic N) is 1. The lowest BCUT2D eigenvalue weighted by atomic mass is 10.1. The van der Waals surface area contributed by atoms with E-state index in [9.17, 15) is 13.2 Å². The van der Waals surface area contributed by atoms with Crippen molar-refractivity contribution in [2.45, 2.75) is 46.2 Å². The molecular weight excluding hydrogens is 360 g/mol. The zero-order valence-electron chi connectivity index (χ0n) is 16.6. The highest BCUT2D eigenvalue weighted by molar-refractivity contribution is 7.92. The number of anilines is 1. The summed E-state index contributed by atoms with van der Waals surface area (Å²) < 4.78 is 26.1. The van der Waals surface area contributed by atoms with E-state index in [0.717, 1.165) is 22.9 Å². The fraction of sp³-hybridized carbons (Fsp3) is 0.381. The van der Waals surface area contributed by atoms with E-state index in [0.29, 0.717) is 12.1 Å². The predicted molar refractivity (Wildman–Crippen MR) is 110 cm³/mol. The van der Waals surface area contributed by atoms with Crippen LogP contribution in [0, 0.1) is 13.8 Å². The molecule has 1 N–H and O–H groups in total. The average molecular weight is 389 g/mol. The molecule has 1 amide bonds. The Hall–Kier alpha value is -2.34. The second-order valence-corrected chi connectivity index (χ2v) is 8.82. The van der Waals surface area contributed by atoms with Gasteiger partial charge < -0.3 is 5.32 Å². The first-order chi connectivity index (χ1) is 12.6. The van der Waals surface area contributed by atoms with Crippen molar-refractivity contribution in [2.75, 3.05) is 10.6 Å². The van der Waals surface area contributed by atoms with Crippen LogP contribution in [0.2, 0.25) is 0 Å². The minimum Gasteiger partial charge on any atom is -0.348 e. The molecule has 0 aliphatic heterocycles. The number of benzene rings is 2. The van der Waals surface area contributed by atoms with Gasteiger partial charge in [0, 0.05) is 0 Å². The van der Waals surface area contributed by atoms with Crippen molar-refractivity contribution >= 4 is 21.6 Å². The van der Waals surface area contributed by atoms with Gasteiger partial charge in [-0.3, -0.25) is 9.10 Å². The Morgan fingerprint density at radius 1 is 1.00 bits per heavy atom. The highest BCUT2D eigenvalue weighted by Crippen LogP contribution is 2.24. The quantitative estimate of drug-likeness (QED) is 0.786. The molecule has 0 aliphatic carbocycles. The third kappa shape index (κ3) is 5.32. The van der Waals surface area contributed by atoms with E-state index in [-0.39, 0.29) is 11.9 Å². The normalized spacial score (nSPS) is 13.7. The highest BCUT2D eigenvalue weighted by atomic mass is 32.2. The van der Waals surface area contributed by atoms with Crippen LogP contribution in [0.25, 0.3) is 0 Å². The van der Waals surface area contributed by atoms with E-state index in [1.54, 1.807) is 12.1 Å². The van der Waals surface area contributed by atoms with Crippen molar-refractivity contribution in [2.24, 2.45) is 0 Å². The minimum absolute atomic E-state index is 0.216. The van der Waals surface area contributed by atoms with Crippen LogP contribution in [0.15, 0.2) is 48.5 Å². The monoisotopic (exact) mass is 388 g/mol. The van der Waals surface area contributed by atoms with Gasteiger partial charge in [0.2, 0.25) is 15.9 Å². The van der Waals surface area contributed by atoms with Crippen molar-refractivity contribution < 1.29 is 13.2 Å². The van der Waals surface area contributed by atoms with Crippen LogP contribution in [0.1, 0.15) is 43.0 Å². The number of hydrogen-bond acceptors (Lipinski definition) is 3. The van der Waals surface area contributed by atoms with Gasteiger partial charge in [0.05, 0.1) is 18.0 Å². The summed E-state index contributed by atoms with van der Waals surface area (Å²) in [5.41, 5.74) is 3.64. The van der Waals surface area contributed by atoms with Crippen molar-refractivity contribution in [1.82, 2.24) is 5.32 Å². The molecule has 6 heteroatoms. The Labute approximate surface area is 162 Å². The predicted octanol–water partition coefficient (Wildman–Crippen LogP) is 3.73. The number of rotatable bonds is 7. The van der Waals surface area contributed by atoms with Crippen molar-refractivity contribution in [1.29, 1.82) is 0 Å². The molecule has 146 valence electrons. The molecular formula is C21H28N2O3S. The topological polar surface area (TPSA) is 66.5 Å². The fourth-order valence-corrected chi connectivity index (χ4v) is 4.21. The third-order valence-electron chi connectivity index (χ3n) is 4.55. The maximum atomic E-state index is 12.9. The first kappa shape index (κ1) is 21.0. The van der Waals surface area contributed by atoms with E-state index < -0.39 is 16.1 Å². The Morgan fingerprint density at radius 3 is 1.93 bits per heavy atom. The third-order valence-corrected chi connectivity index (χ3v) is 5.73. The zero-order valence-corrected chi connectivity index (χ0v) is 17.4. The summed E-state index contributed by atoms with van der Waals surface area (Å²) in [6.07, 6.45) is 1.50. The van der Waals surface area contributed by atoms with Gasteiger partial charge in [-0.05, 0) is 44.9 Å². The second-order valence-electron chi connectivity index (χ2n) is 6.96. The summed E-state index contributed by atoms with van der Waals surface area (Å²) in [6.45, 7) is 7.65. The largest absolute Gasteiger partial charge is 0.348 e. The summed E-state index contributed by atoms with van der Waals surface area (Å²) in [7, 11) is -3.62. The van der Waals surface area contributed by atoms with Crippen LogP contribution < -0.4 is 9.62 Å². The summed E-state index contributed by atoms with van der Waals surface area (Å²) in [5, 5.41) is 2.96. The summed E-state index contributed by atoms with van der Waals surface area (Å²) in [4.78, 5) is 12.9. The lowest BCUT2D eigenvalue weighted by molar-refractivity contribution is -0.122. The Kier molecular flexibility index (Phi) is 6.65. The molecule has 0 saturated heterocycles. The Bertz CT molecular complexity index is 875. The maximum absolute atomic E-state index is 12.9. The van der Waals surface area contributed by atoms with E-state index in [1.807, 2.05) is 64.1 Å². The Morgan fingerprint density at radius 2 is 1.48 bits per heavy atom. The van der Waals surface area contributed by atoms with Crippen LogP contribution in [0.3, 0.4) is 0 Å². The van der Waals surface area contributed by atoms with Crippen molar-refractivity contribution in [3.8, 4) is 0 Å². The van der Waals surface area contributed by atoms with Gasteiger partial charge >= 0.3 is 0 Å². The number of carbonyl (C=O) groups is 1. The molecule has 2 atom stereocenters. The minimum atomic E-state index is -3.62. The standard InChI is InChI=1S/C21H28N2O3S/c1-6-20(21(24)22-17(4)18-11-7-15(2)8-12-18)23(27(5,25)26)19-13-9-16(3)10-14-19/h7-14,17,20H,6H2,1-5H3,(H,22,24)/t17-,20+/m1/s1. The van der Waals surface area contributed by atoms with Gasteiger partial charge in [-0.25, -0.2) is 8.42 Å². The molecule has 0 saturated carbocycles. The first-order valence-electron chi connectivity index (χ1n) is 9.06. The highest BCUT2D eigenvalue weighted by Gasteiger charge is 2.32. The van der Waals surface area contributed by atoms with Gasteiger partial charge in [-0.15, -0.1) is 0 Å².